The number of piperidine rings is 1. The molecule has 5 rings (SSSR count). The molecule has 0 unspecified atom stereocenters. The first-order valence-corrected chi connectivity index (χ1v) is 11.4. The highest BCUT2D eigenvalue weighted by molar-refractivity contribution is 7.20. The van der Waals surface area contributed by atoms with Crippen LogP contribution in [0.1, 0.15) is 33.9 Å². The monoisotopic (exact) mass is 432 g/mol. The molecule has 1 aliphatic heterocycles. The lowest BCUT2D eigenvalue weighted by molar-refractivity contribution is 0.0694. The van der Waals surface area contributed by atoms with E-state index in [1.807, 2.05) is 60.4 Å². The van der Waals surface area contributed by atoms with E-state index in [-0.39, 0.29) is 11.6 Å². The first kappa shape index (κ1) is 19.8. The van der Waals surface area contributed by atoms with Gasteiger partial charge in [-0.15, -0.1) is 11.3 Å². The summed E-state index contributed by atoms with van der Waals surface area (Å²) in [6.07, 6.45) is 2.54. The van der Waals surface area contributed by atoms with Gasteiger partial charge in [0.25, 0.3) is 5.91 Å². The SMILES string of the molecule is Cc1ccccc1-n1c(CC2CCN(C(=O)c3cc4ccccc4s3)CC2)n[nH]c1=O. The third-order valence-corrected chi connectivity index (χ3v) is 7.21. The summed E-state index contributed by atoms with van der Waals surface area (Å²) in [5.41, 5.74) is 1.70. The van der Waals surface area contributed by atoms with Crippen molar-refractivity contribution in [1.29, 1.82) is 0 Å². The Bertz CT molecular complexity index is 1260. The lowest BCUT2D eigenvalue weighted by atomic mass is 9.93. The number of H-pyrrole nitrogens is 1. The molecule has 1 aliphatic rings. The highest BCUT2D eigenvalue weighted by Crippen LogP contribution is 2.28. The van der Waals surface area contributed by atoms with E-state index in [4.69, 9.17) is 0 Å². The lowest BCUT2D eigenvalue weighted by Gasteiger charge is -2.31. The molecule has 0 aliphatic carbocycles. The minimum Gasteiger partial charge on any atom is -0.338 e. The Morgan fingerprint density at radius 2 is 1.87 bits per heavy atom. The maximum atomic E-state index is 13.0. The number of amides is 1. The van der Waals surface area contributed by atoms with Gasteiger partial charge < -0.3 is 4.90 Å². The second-order valence-corrected chi connectivity index (χ2v) is 9.24. The molecule has 7 heteroatoms. The first-order chi connectivity index (χ1) is 15.1. The summed E-state index contributed by atoms with van der Waals surface area (Å²) in [4.78, 5) is 28.2. The van der Waals surface area contributed by atoms with Crippen molar-refractivity contribution in [1.82, 2.24) is 19.7 Å². The number of nitrogens with zero attached hydrogens (tertiary/aromatic N) is 3. The van der Waals surface area contributed by atoms with E-state index in [0.717, 1.165) is 64.4 Å². The number of benzene rings is 2. The molecule has 3 heterocycles. The highest BCUT2D eigenvalue weighted by atomic mass is 32.1. The molecular weight excluding hydrogens is 408 g/mol. The zero-order chi connectivity index (χ0) is 21.4. The molecule has 31 heavy (non-hydrogen) atoms. The van der Waals surface area contributed by atoms with Crippen LogP contribution in [0.3, 0.4) is 0 Å². The Morgan fingerprint density at radius 3 is 2.65 bits per heavy atom. The van der Waals surface area contributed by atoms with Gasteiger partial charge in [-0.05, 0) is 54.8 Å². The van der Waals surface area contributed by atoms with Gasteiger partial charge in [0, 0.05) is 24.2 Å². The largest absolute Gasteiger partial charge is 0.347 e. The fraction of sp³-hybridized carbons (Fsp3) is 0.292. The van der Waals surface area contributed by atoms with Crippen LogP contribution in [0.2, 0.25) is 0 Å². The second-order valence-electron chi connectivity index (χ2n) is 8.16. The second kappa shape index (κ2) is 8.15. The average Bonchev–Trinajstić information content (AvgIpc) is 3.38. The molecule has 0 atom stereocenters. The maximum Gasteiger partial charge on any atom is 0.347 e. The smallest absolute Gasteiger partial charge is 0.338 e. The quantitative estimate of drug-likeness (QED) is 0.526. The number of aromatic amines is 1. The van der Waals surface area contributed by atoms with Crippen LogP contribution in [0.5, 0.6) is 0 Å². The summed E-state index contributed by atoms with van der Waals surface area (Å²) in [5.74, 6) is 1.27. The number of aryl methyl sites for hydroxylation is 1. The summed E-state index contributed by atoms with van der Waals surface area (Å²) < 4.78 is 2.83. The van der Waals surface area contributed by atoms with E-state index >= 15 is 0 Å². The van der Waals surface area contributed by atoms with Gasteiger partial charge in [-0.25, -0.2) is 14.5 Å². The van der Waals surface area contributed by atoms with Crippen LogP contribution >= 0.6 is 11.3 Å². The summed E-state index contributed by atoms with van der Waals surface area (Å²) in [6.45, 7) is 3.46. The molecule has 0 spiro atoms. The molecule has 1 saturated heterocycles. The number of rotatable bonds is 4. The van der Waals surface area contributed by atoms with E-state index in [1.54, 1.807) is 15.9 Å². The van der Waals surface area contributed by atoms with Crippen molar-refractivity contribution in [2.45, 2.75) is 26.2 Å². The molecule has 2 aromatic heterocycles. The van der Waals surface area contributed by atoms with E-state index in [1.165, 1.54) is 0 Å². The fourth-order valence-electron chi connectivity index (χ4n) is 4.37. The summed E-state index contributed by atoms with van der Waals surface area (Å²) in [6, 6.07) is 18.0. The van der Waals surface area contributed by atoms with Crippen molar-refractivity contribution in [3.05, 3.63) is 81.3 Å². The van der Waals surface area contributed by atoms with Crippen LogP contribution in [-0.4, -0.2) is 38.7 Å². The molecule has 0 saturated carbocycles. The Kier molecular flexibility index (Phi) is 5.19. The lowest BCUT2D eigenvalue weighted by Crippen LogP contribution is -2.38. The average molecular weight is 433 g/mol. The van der Waals surface area contributed by atoms with Crippen LogP contribution in [0.4, 0.5) is 0 Å². The Balaban J connectivity index is 1.27. The van der Waals surface area contributed by atoms with Gasteiger partial charge in [0.15, 0.2) is 0 Å². The van der Waals surface area contributed by atoms with Gasteiger partial charge in [-0.1, -0.05) is 36.4 Å². The number of carbonyl (C=O) groups is 1. The molecule has 1 amide bonds. The van der Waals surface area contributed by atoms with E-state index < -0.39 is 0 Å². The predicted octanol–water partition coefficient (Wildman–Crippen LogP) is 4.18. The fourth-order valence-corrected chi connectivity index (χ4v) is 5.40. The number of carbonyl (C=O) groups excluding carboxylic acids is 1. The standard InChI is InChI=1S/C24H24N4O2S/c1-16-6-2-4-8-19(16)28-22(25-26-24(28)30)14-17-10-12-27(13-11-17)23(29)21-15-18-7-3-5-9-20(18)31-21/h2-9,15,17H,10-14H2,1H3,(H,26,30). The van der Waals surface area contributed by atoms with Gasteiger partial charge in [0.05, 0.1) is 10.6 Å². The highest BCUT2D eigenvalue weighted by Gasteiger charge is 2.26. The number of aromatic nitrogens is 3. The minimum atomic E-state index is -0.207. The van der Waals surface area contributed by atoms with Crippen molar-refractivity contribution in [3.63, 3.8) is 0 Å². The number of hydrogen-bond donors (Lipinski definition) is 1. The molecule has 2 aromatic carbocycles. The summed E-state index contributed by atoms with van der Waals surface area (Å²) in [7, 11) is 0. The molecule has 4 aromatic rings. The summed E-state index contributed by atoms with van der Waals surface area (Å²) >= 11 is 1.56. The van der Waals surface area contributed by atoms with E-state index in [2.05, 4.69) is 16.3 Å². The topological polar surface area (TPSA) is 71.0 Å². The normalized spacial score (nSPS) is 14.9. The Labute approximate surface area is 184 Å². The van der Waals surface area contributed by atoms with Crippen molar-refractivity contribution in [2.75, 3.05) is 13.1 Å². The van der Waals surface area contributed by atoms with Crippen molar-refractivity contribution in [3.8, 4) is 5.69 Å². The van der Waals surface area contributed by atoms with Crippen LogP contribution in [0.25, 0.3) is 15.8 Å². The number of likely N-dealkylation sites (tertiary alicyclic amines) is 1. The third kappa shape index (κ3) is 3.81. The molecule has 0 bridgehead atoms. The van der Waals surface area contributed by atoms with Gasteiger partial charge in [0.2, 0.25) is 0 Å². The number of para-hydroxylation sites is 1. The third-order valence-electron chi connectivity index (χ3n) is 6.11. The Hall–Kier alpha value is -3.19. The van der Waals surface area contributed by atoms with E-state index in [0.29, 0.717) is 5.92 Å². The predicted molar refractivity (Wildman–Crippen MR) is 123 cm³/mol. The minimum absolute atomic E-state index is 0.122. The number of thiophene rings is 1. The molecule has 0 radical (unpaired) electrons. The number of nitrogens with one attached hydrogen (secondary N) is 1. The number of hydrogen-bond acceptors (Lipinski definition) is 4. The number of fused-ring (bicyclic) bond motifs is 1. The van der Waals surface area contributed by atoms with Gasteiger partial charge in [0.1, 0.15) is 5.82 Å². The van der Waals surface area contributed by atoms with Crippen molar-refractivity contribution < 1.29 is 4.79 Å². The van der Waals surface area contributed by atoms with Crippen LogP contribution in [0.15, 0.2) is 59.4 Å². The molecular formula is C24H24N4O2S. The molecule has 1 N–H and O–H groups in total. The molecule has 1 fully saturated rings. The van der Waals surface area contributed by atoms with Crippen molar-refractivity contribution in [2.24, 2.45) is 5.92 Å². The Morgan fingerprint density at radius 1 is 1.13 bits per heavy atom. The van der Waals surface area contributed by atoms with E-state index in [9.17, 15) is 9.59 Å². The zero-order valence-corrected chi connectivity index (χ0v) is 18.2. The van der Waals surface area contributed by atoms with Gasteiger partial charge >= 0.3 is 5.69 Å². The van der Waals surface area contributed by atoms with Gasteiger partial charge in [-0.3, -0.25) is 4.79 Å². The zero-order valence-electron chi connectivity index (χ0n) is 17.4. The molecule has 6 nitrogen and oxygen atoms in total. The summed E-state index contributed by atoms with van der Waals surface area (Å²) in [5, 5.41) is 8.03. The van der Waals surface area contributed by atoms with Crippen LogP contribution < -0.4 is 5.69 Å². The molecule has 158 valence electrons. The van der Waals surface area contributed by atoms with Crippen LogP contribution in [0, 0.1) is 12.8 Å². The first-order valence-electron chi connectivity index (χ1n) is 10.6. The maximum absolute atomic E-state index is 13.0. The van der Waals surface area contributed by atoms with Crippen molar-refractivity contribution >= 4 is 27.3 Å². The van der Waals surface area contributed by atoms with Gasteiger partial charge in [-0.2, -0.15) is 5.10 Å². The van der Waals surface area contributed by atoms with Crippen LogP contribution in [-0.2, 0) is 6.42 Å².